The molecule has 14 heavy (non-hydrogen) atoms. The molecule has 0 heterocycles. The Morgan fingerprint density at radius 2 is 2.21 bits per heavy atom. The topological polar surface area (TPSA) is 32.3 Å². The number of aliphatic hydroxyl groups excluding tert-OH is 1. The quantitative estimate of drug-likeness (QED) is 0.870. The lowest BCUT2D eigenvalue weighted by Crippen LogP contribution is -2.10. The van der Waals surface area contributed by atoms with Gasteiger partial charge in [0, 0.05) is 16.7 Å². The lowest BCUT2D eigenvalue weighted by Gasteiger charge is -2.10. The van der Waals surface area contributed by atoms with Crippen LogP contribution in [0.5, 0.6) is 0 Å². The third-order valence-corrected chi connectivity index (χ3v) is 3.12. The molecule has 0 spiro atoms. The third kappa shape index (κ3) is 3.31. The SMILES string of the molecule is Cc1cccc(NCCC(C)O)c1Br. The van der Waals surface area contributed by atoms with Gasteiger partial charge in [0.15, 0.2) is 0 Å². The fraction of sp³-hybridized carbons (Fsp3) is 0.455. The van der Waals surface area contributed by atoms with Gasteiger partial charge in [0.2, 0.25) is 0 Å². The first-order valence-electron chi connectivity index (χ1n) is 4.78. The van der Waals surface area contributed by atoms with E-state index in [4.69, 9.17) is 5.11 Å². The van der Waals surface area contributed by atoms with E-state index in [2.05, 4.69) is 34.2 Å². The van der Waals surface area contributed by atoms with Gasteiger partial charge in [0.05, 0.1) is 6.10 Å². The Kier molecular flexibility index (Phi) is 4.42. The van der Waals surface area contributed by atoms with E-state index in [1.54, 1.807) is 6.92 Å². The van der Waals surface area contributed by atoms with Crippen LogP contribution in [0.15, 0.2) is 22.7 Å². The zero-order chi connectivity index (χ0) is 10.6. The van der Waals surface area contributed by atoms with Crippen LogP contribution < -0.4 is 5.32 Å². The molecule has 1 atom stereocenters. The molecule has 0 bridgehead atoms. The maximum absolute atomic E-state index is 9.10. The first-order valence-corrected chi connectivity index (χ1v) is 5.57. The van der Waals surface area contributed by atoms with Crippen molar-refractivity contribution in [2.75, 3.05) is 11.9 Å². The van der Waals surface area contributed by atoms with Crippen LogP contribution in [-0.4, -0.2) is 17.8 Å². The van der Waals surface area contributed by atoms with Gasteiger partial charge in [-0.2, -0.15) is 0 Å². The average Bonchev–Trinajstić information content (AvgIpc) is 2.12. The van der Waals surface area contributed by atoms with Crippen molar-refractivity contribution in [3.8, 4) is 0 Å². The van der Waals surface area contributed by atoms with Gasteiger partial charge in [0.1, 0.15) is 0 Å². The molecule has 1 unspecified atom stereocenters. The molecule has 0 amide bonds. The van der Waals surface area contributed by atoms with E-state index in [9.17, 15) is 0 Å². The van der Waals surface area contributed by atoms with Gasteiger partial charge >= 0.3 is 0 Å². The highest BCUT2D eigenvalue weighted by molar-refractivity contribution is 9.10. The summed E-state index contributed by atoms with van der Waals surface area (Å²) in [4.78, 5) is 0. The summed E-state index contributed by atoms with van der Waals surface area (Å²) in [5.74, 6) is 0. The van der Waals surface area contributed by atoms with E-state index >= 15 is 0 Å². The zero-order valence-electron chi connectivity index (χ0n) is 8.55. The molecular formula is C11H16BrNO. The van der Waals surface area contributed by atoms with E-state index in [1.165, 1.54) is 5.56 Å². The Hall–Kier alpha value is -0.540. The van der Waals surface area contributed by atoms with Crippen LogP contribution in [-0.2, 0) is 0 Å². The number of hydrogen-bond acceptors (Lipinski definition) is 2. The Morgan fingerprint density at radius 1 is 1.50 bits per heavy atom. The molecule has 0 saturated heterocycles. The number of aryl methyl sites for hydroxylation is 1. The van der Waals surface area contributed by atoms with Crippen LogP contribution in [0, 0.1) is 6.92 Å². The minimum atomic E-state index is -0.244. The second-order valence-electron chi connectivity index (χ2n) is 3.50. The van der Waals surface area contributed by atoms with Crippen molar-refractivity contribution in [3.63, 3.8) is 0 Å². The maximum Gasteiger partial charge on any atom is 0.0528 e. The molecule has 2 nitrogen and oxygen atoms in total. The van der Waals surface area contributed by atoms with Crippen LogP contribution in [0.25, 0.3) is 0 Å². The molecule has 0 aromatic heterocycles. The van der Waals surface area contributed by atoms with Crippen molar-refractivity contribution >= 4 is 21.6 Å². The Morgan fingerprint density at radius 3 is 2.86 bits per heavy atom. The van der Waals surface area contributed by atoms with Gasteiger partial charge in [-0.05, 0) is 47.8 Å². The van der Waals surface area contributed by atoms with Crippen molar-refractivity contribution in [1.29, 1.82) is 0 Å². The third-order valence-electron chi connectivity index (χ3n) is 2.07. The van der Waals surface area contributed by atoms with Crippen LogP contribution in [0.1, 0.15) is 18.9 Å². The normalized spacial score (nSPS) is 12.6. The maximum atomic E-state index is 9.10. The number of aliphatic hydroxyl groups is 1. The number of anilines is 1. The summed E-state index contributed by atoms with van der Waals surface area (Å²) in [5.41, 5.74) is 2.30. The summed E-state index contributed by atoms with van der Waals surface area (Å²) >= 11 is 3.52. The van der Waals surface area contributed by atoms with Gasteiger partial charge in [-0.1, -0.05) is 12.1 Å². The Bertz CT molecular complexity index is 299. The molecule has 78 valence electrons. The van der Waals surface area contributed by atoms with Crippen molar-refractivity contribution in [1.82, 2.24) is 0 Å². The van der Waals surface area contributed by atoms with Gasteiger partial charge < -0.3 is 10.4 Å². The lowest BCUT2D eigenvalue weighted by molar-refractivity contribution is 0.189. The minimum absolute atomic E-state index is 0.244. The van der Waals surface area contributed by atoms with Crippen molar-refractivity contribution < 1.29 is 5.11 Å². The van der Waals surface area contributed by atoms with E-state index in [0.717, 1.165) is 23.1 Å². The van der Waals surface area contributed by atoms with Crippen molar-refractivity contribution in [3.05, 3.63) is 28.2 Å². The standard InChI is InChI=1S/C11H16BrNO/c1-8-4-3-5-10(11(8)12)13-7-6-9(2)14/h3-5,9,13-14H,6-7H2,1-2H3. The first kappa shape index (κ1) is 11.5. The zero-order valence-corrected chi connectivity index (χ0v) is 10.1. The van der Waals surface area contributed by atoms with Crippen LogP contribution >= 0.6 is 15.9 Å². The summed E-state index contributed by atoms with van der Waals surface area (Å²) in [7, 11) is 0. The summed E-state index contributed by atoms with van der Waals surface area (Å²) < 4.78 is 1.10. The minimum Gasteiger partial charge on any atom is -0.393 e. The van der Waals surface area contributed by atoms with Gasteiger partial charge in [0.25, 0.3) is 0 Å². The lowest BCUT2D eigenvalue weighted by atomic mass is 10.2. The van der Waals surface area contributed by atoms with Crippen LogP contribution in [0.4, 0.5) is 5.69 Å². The molecule has 1 aromatic carbocycles. The van der Waals surface area contributed by atoms with E-state index < -0.39 is 0 Å². The number of nitrogens with one attached hydrogen (secondary N) is 1. The van der Waals surface area contributed by atoms with E-state index in [-0.39, 0.29) is 6.10 Å². The molecule has 0 aliphatic carbocycles. The summed E-state index contributed by atoms with van der Waals surface area (Å²) in [6, 6.07) is 6.11. The summed E-state index contributed by atoms with van der Waals surface area (Å²) in [5, 5.41) is 12.4. The Balaban J connectivity index is 2.54. The highest BCUT2D eigenvalue weighted by Gasteiger charge is 2.01. The number of hydrogen-bond donors (Lipinski definition) is 2. The van der Waals surface area contributed by atoms with Gasteiger partial charge in [-0.25, -0.2) is 0 Å². The fourth-order valence-corrected chi connectivity index (χ4v) is 1.60. The molecule has 0 aliphatic heterocycles. The number of rotatable bonds is 4. The Labute approximate surface area is 93.5 Å². The fourth-order valence-electron chi connectivity index (χ4n) is 1.20. The van der Waals surface area contributed by atoms with Crippen LogP contribution in [0.2, 0.25) is 0 Å². The summed E-state index contributed by atoms with van der Waals surface area (Å²) in [6.45, 7) is 4.65. The molecule has 1 rings (SSSR count). The average molecular weight is 258 g/mol. The molecule has 0 fully saturated rings. The molecule has 0 aliphatic rings. The first-order chi connectivity index (χ1) is 6.61. The van der Waals surface area contributed by atoms with Gasteiger partial charge in [-0.3, -0.25) is 0 Å². The molecular weight excluding hydrogens is 242 g/mol. The highest BCUT2D eigenvalue weighted by Crippen LogP contribution is 2.25. The van der Waals surface area contributed by atoms with Crippen molar-refractivity contribution in [2.45, 2.75) is 26.4 Å². The molecule has 1 aromatic rings. The molecule has 2 N–H and O–H groups in total. The highest BCUT2D eigenvalue weighted by atomic mass is 79.9. The molecule has 3 heteroatoms. The van der Waals surface area contributed by atoms with Crippen molar-refractivity contribution in [2.24, 2.45) is 0 Å². The van der Waals surface area contributed by atoms with E-state index in [1.807, 2.05) is 12.1 Å². The number of benzene rings is 1. The predicted molar refractivity (Wildman–Crippen MR) is 63.7 cm³/mol. The largest absolute Gasteiger partial charge is 0.393 e. The van der Waals surface area contributed by atoms with E-state index in [0.29, 0.717) is 0 Å². The second kappa shape index (κ2) is 5.37. The number of halogens is 1. The molecule has 0 saturated carbocycles. The summed E-state index contributed by atoms with van der Waals surface area (Å²) in [6.07, 6.45) is 0.520. The second-order valence-corrected chi connectivity index (χ2v) is 4.29. The smallest absolute Gasteiger partial charge is 0.0528 e. The van der Waals surface area contributed by atoms with Gasteiger partial charge in [-0.15, -0.1) is 0 Å². The monoisotopic (exact) mass is 257 g/mol. The molecule has 0 radical (unpaired) electrons. The predicted octanol–water partition coefficient (Wildman–Crippen LogP) is 2.94. The van der Waals surface area contributed by atoms with Crippen LogP contribution in [0.3, 0.4) is 0 Å².